The fourth-order valence-electron chi connectivity index (χ4n) is 1.50. The molecule has 20 heavy (non-hydrogen) atoms. The molecule has 0 aromatic heterocycles. The van der Waals surface area contributed by atoms with Crippen molar-refractivity contribution in [2.45, 2.75) is 24.3 Å². The average Bonchev–Trinajstić information content (AvgIpc) is 2.22. The van der Waals surface area contributed by atoms with Crippen molar-refractivity contribution in [3.63, 3.8) is 0 Å². The fourth-order valence-corrected chi connectivity index (χ4v) is 4.84. The van der Waals surface area contributed by atoms with E-state index in [9.17, 15) is 26.7 Å². The van der Waals surface area contributed by atoms with Crippen LogP contribution in [-0.4, -0.2) is 31.5 Å². The van der Waals surface area contributed by atoms with Crippen LogP contribution >= 0.6 is 10.3 Å². The van der Waals surface area contributed by atoms with E-state index in [0.29, 0.717) is 16.0 Å². The number of halogens is 3. The van der Waals surface area contributed by atoms with Crippen LogP contribution in [-0.2, 0) is 13.7 Å². The van der Waals surface area contributed by atoms with Gasteiger partial charge in [0, 0.05) is 4.90 Å². The van der Waals surface area contributed by atoms with Gasteiger partial charge in [0.15, 0.2) is 0 Å². The number of rotatable bonds is 3. The Hall–Kier alpha value is -0.930. The lowest BCUT2D eigenvalue weighted by Crippen LogP contribution is -2.26. The zero-order valence-electron chi connectivity index (χ0n) is 11.3. The first-order valence-corrected chi connectivity index (χ1v) is 9.12. The van der Waals surface area contributed by atoms with Crippen molar-refractivity contribution in [2.75, 3.05) is 12.5 Å². The van der Waals surface area contributed by atoms with E-state index >= 15 is 0 Å². The predicted molar refractivity (Wildman–Crippen MR) is 71.3 cm³/mol. The van der Waals surface area contributed by atoms with Gasteiger partial charge in [-0.2, -0.15) is 21.6 Å². The quantitative estimate of drug-likeness (QED) is 0.863. The molecular formula is C11H15F3O4S2. The van der Waals surface area contributed by atoms with Gasteiger partial charge in [-0.05, 0) is 49.6 Å². The highest BCUT2D eigenvalue weighted by molar-refractivity contribution is 8.32. The molecular weight excluding hydrogens is 317 g/mol. The summed E-state index contributed by atoms with van der Waals surface area (Å²) in [6.45, 7) is 3.14. The number of hydrogen-bond donors (Lipinski definition) is 1. The van der Waals surface area contributed by atoms with Crippen LogP contribution in [0.2, 0.25) is 0 Å². The lowest BCUT2D eigenvalue weighted by molar-refractivity contribution is -0.0495. The van der Waals surface area contributed by atoms with Gasteiger partial charge < -0.3 is 5.11 Å². The summed E-state index contributed by atoms with van der Waals surface area (Å²) in [5.41, 5.74) is -4.58. The van der Waals surface area contributed by atoms with Crippen molar-refractivity contribution in [2.24, 2.45) is 0 Å². The highest BCUT2D eigenvalue weighted by Crippen LogP contribution is 2.54. The normalized spacial score (nSPS) is 14.3. The van der Waals surface area contributed by atoms with Gasteiger partial charge >= 0.3 is 15.6 Å². The molecule has 1 N–H and O–H groups in total. The number of phenolic OH excluding ortho intramolecular Hbond substituents is 1. The Morgan fingerprint density at radius 3 is 1.85 bits per heavy atom. The van der Waals surface area contributed by atoms with E-state index in [1.54, 1.807) is 13.8 Å². The number of aromatic hydroxyl groups is 1. The van der Waals surface area contributed by atoms with Crippen molar-refractivity contribution in [1.29, 1.82) is 0 Å². The minimum atomic E-state index is -5.66. The summed E-state index contributed by atoms with van der Waals surface area (Å²) in [4.78, 5) is 0.304. The van der Waals surface area contributed by atoms with Crippen LogP contribution in [0.3, 0.4) is 0 Å². The van der Waals surface area contributed by atoms with E-state index in [0.717, 1.165) is 0 Å². The van der Waals surface area contributed by atoms with E-state index in [4.69, 9.17) is 0 Å². The molecule has 1 aromatic rings. The molecule has 0 atom stereocenters. The van der Waals surface area contributed by atoms with E-state index in [1.807, 2.05) is 0 Å². The van der Waals surface area contributed by atoms with Crippen molar-refractivity contribution >= 4 is 20.4 Å². The van der Waals surface area contributed by atoms with Gasteiger partial charge in [-0.15, -0.1) is 0 Å². The van der Waals surface area contributed by atoms with Crippen molar-refractivity contribution in [3.8, 4) is 5.75 Å². The molecule has 0 amide bonds. The second-order valence-corrected chi connectivity index (χ2v) is 9.46. The van der Waals surface area contributed by atoms with Gasteiger partial charge in [-0.1, -0.05) is 10.3 Å². The number of aryl methyl sites for hydroxylation is 2. The molecule has 0 aliphatic heterocycles. The summed E-state index contributed by atoms with van der Waals surface area (Å²) in [7, 11) is -8.35. The van der Waals surface area contributed by atoms with E-state index in [-0.39, 0.29) is 5.75 Å². The topological polar surface area (TPSA) is 63.6 Å². The Morgan fingerprint density at radius 2 is 1.50 bits per heavy atom. The summed E-state index contributed by atoms with van der Waals surface area (Å²) in [6.07, 6.45) is 2.59. The molecule has 0 bridgehead atoms. The molecule has 0 saturated heterocycles. The average molecular weight is 332 g/mol. The van der Waals surface area contributed by atoms with Gasteiger partial charge in [0.1, 0.15) is 5.75 Å². The third-order valence-electron chi connectivity index (χ3n) is 2.58. The third-order valence-corrected chi connectivity index (χ3v) is 6.59. The van der Waals surface area contributed by atoms with Gasteiger partial charge in [-0.3, -0.25) is 0 Å². The van der Waals surface area contributed by atoms with Gasteiger partial charge in [0.05, 0.1) is 0 Å². The first-order valence-electron chi connectivity index (χ1n) is 5.34. The van der Waals surface area contributed by atoms with E-state index in [1.165, 1.54) is 24.6 Å². The van der Waals surface area contributed by atoms with Crippen LogP contribution in [0.4, 0.5) is 13.2 Å². The molecule has 1 rings (SSSR count). The van der Waals surface area contributed by atoms with E-state index in [2.05, 4.69) is 3.63 Å². The third kappa shape index (κ3) is 3.39. The van der Waals surface area contributed by atoms with Crippen molar-refractivity contribution in [1.82, 2.24) is 0 Å². The molecule has 0 spiro atoms. The largest absolute Gasteiger partial charge is 0.523 e. The highest BCUT2D eigenvalue weighted by atomic mass is 32.3. The Kier molecular flexibility index (Phi) is 4.38. The molecule has 0 fully saturated rings. The maximum atomic E-state index is 12.4. The van der Waals surface area contributed by atoms with Crippen molar-refractivity contribution in [3.05, 3.63) is 23.3 Å². The van der Waals surface area contributed by atoms with Crippen LogP contribution in [0.5, 0.6) is 5.75 Å². The summed E-state index contributed by atoms with van der Waals surface area (Å²) in [5.74, 6) is 0.0163. The first-order chi connectivity index (χ1) is 8.78. The highest BCUT2D eigenvalue weighted by Gasteiger charge is 2.49. The lowest BCUT2D eigenvalue weighted by atomic mass is 10.1. The number of hydrogen-bond acceptors (Lipinski definition) is 4. The monoisotopic (exact) mass is 332 g/mol. The SMILES string of the molecule is Cc1cc(S(C)(C)OS(=O)(=O)C(F)(F)F)cc(C)c1O. The Bertz CT molecular complexity index is 598. The van der Waals surface area contributed by atoms with Crippen LogP contribution in [0, 0.1) is 13.8 Å². The van der Waals surface area contributed by atoms with E-state index < -0.39 is 25.9 Å². The maximum absolute atomic E-state index is 12.4. The molecule has 0 heterocycles. The minimum absolute atomic E-state index is 0.0163. The lowest BCUT2D eigenvalue weighted by Gasteiger charge is -2.31. The molecule has 9 heteroatoms. The van der Waals surface area contributed by atoms with Crippen LogP contribution in [0.1, 0.15) is 11.1 Å². The molecule has 1 aromatic carbocycles. The number of benzene rings is 1. The molecule has 0 aliphatic rings. The number of alkyl halides is 3. The van der Waals surface area contributed by atoms with Crippen LogP contribution in [0.25, 0.3) is 0 Å². The Labute approximate surface area is 117 Å². The Balaban J connectivity index is 3.25. The molecule has 0 unspecified atom stereocenters. The predicted octanol–water partition coefficient (Wildman–Crippen LogP) is 3.21. The summed E-state index contributed by atoms with van der Waals surface area (Å²) >= 11 is 0. The first kappa shape index (κ1) is 17.1. The van der Waals surface area contributed by atoms with Gasteiger partial charge in [-0.25, -0.2) is 3.63 Å². The second kappa shape index (κ2) is 5.12. The maximum Gasteiger partial charge on any atom is 0.523 e. The molecule has 116 valence electrons. The van der Waals surface area contributed by atoms with Crippen molar-refractivity contribution < 1.29 is 30.3 Å². The summed E-state index contributed by atoms with van der Waals surface area (Å²) < 4.78 is 63.7. The summed E-state index contributed by atoms with van der Waals surface area (Å²) in [6, 6.07) is 2.84. The summed E-state index contributed by atoms with van der Waals surface area (Å²) in [5, 5.41) is 9.63. The standard InChI is InChI=1S/C11H15F3O4S2/c1-7-5-9(6-8(2)10(7)15)19(3,4)18-20(16,17)11(12,13)14/h5-6,15H,1-4H3. The van der Waals surface area contributed by atoms with Gasteiger partial charge in [0.25, 0.3) is 0 Å². The zero-order chi connectivity index (χ0) is 15.9. The molecule has 0 radical (unpaired) electrons. The smallest absolute Gasteiger partial charge is 0.507 e. The fraction of sp³-hybridized carbons (Fsp3) is 0.455. The van der Waals surface area contributed by atoms with Crippen LogP contribution in [0.15, 0.2) is 17.0 Å². The molecule has 0 saturated carbocycles. The second-order valence-electron chi connectivity index (χ2n) is 4.61. The minimum Gasteiger partial charge on any atom is -0.507 e. The Morgan fingerprint density at radius 1 is 1.10 bits per heavy atom. The molecule has 0 aliphatic carbocycles. The van der Waals surface area contributed by atoms with Crippen LogP contribution < -0.4 is 0 Å². The molecule has 4 nitrogen and oxygen atoms in total. The van der Waals surface area contributed by atoms with Gasteiger partial charge in [0.2, 0.25) is 0 Å². The number of phenols is 1. The zero-order valence-corrected chi connectivity index (χ0v) is 12.9.